The third-order valence-corrected chi connectivity index (χ3v) is 3.34. The van der Waals surface area contributed by atoms with Gasteiger partial charge in [0.1, 0.15) is 0 Å². The summed E-state index contributed by atoms with van der Waals surface area (Å²) in [6.07, 6.45) is 2.51. The summed E-state index contributed by atoms with van der Waals surface area (Å²) in [7, 11) is 4.06. The van der Waals surface area contributed by atoms with E-state index in [-0.39, 0.29) is 0 Å². The van der Waals surface area contributed by atoms with E-state index in [1.165, 1.54) is 18.5 Å². The lowest BCUT2D eigenvalue weighted by molar-refractivity contribution is 0.632. The van der Waals surface area contributed by atoms with Crippen LogP contribution in [0.2, 0.25) is 0 Å². The average Bonchev–Trinajstić information content (AvgIpc) is 2.75. The molecule has 1 aromatic rings. The van der Waals surface area contributed by atoms with E-state index in [4.69, 9.17) is 0 Å². The van der Waals surface area contributed by atoms with Crippen LogP contribution in [0.15, 0.2) is 5.38 Å². The van der Waals surface area contributed by atoms with E-state index in [0.29, 0.717) is 6.04 Å². The Bertz CT molecular complexity index is 276. The van der Waals surface area contributed by atoms with Gasteiger partial charge in [-0.15, -0.1) is 11.3 Å². The molecule has 1 aliphatic rings. The van der Waals surface area contributed by atoms with Crippen molar-refractivity contribution in [3.63, 3.8) is 0 Å². The van der Waals surface area contributed by atoms with Gasteiger partial charge in [0.15, 0.2) is 5.13 Å². The molecular weight excluding hydrogens is 182 g/mol. The van der Waals surface area contributed by atoms with Crippen molar-refractivity contribution in [2.24, 2.45) is 0 Å². The number of hydrogen-bond donors (Lipinski definition) is 1. The molecule has 4 heteroatoms. The number of nitrogens with one attached hydrogen (secondary N) is 1. The Morgan fingerprint density at radius 2 is 2.46 bits per heavy atom. The Morgan fingerprint density at radius 3 is 3.00 bits per heavy atom. The van der Waals surface area contributed by atoms with Crippen LogP contribution in [0.3, 0.4) is 0 Å². The van der Waals surface area contributed by atoms with Crippen LogP contribution in [0.4, 0.5) is 5.13 Å². The number of anilines is 1. The fourth-order valence-electron chi connectivity index (χ4n) is 1.58. The summed E-state index contributed by atoms with van der Waals surface area (Å²) >= 11 is 1.72. The Balaban J connectivity index is 2.12. The topological polar surface area (TPSA) is 28.2 Å². The second kappa shape index (κ2) is 3.64. The lowest BCUT2D eigenvalue weighted by Crippen LogP contribution is -2.14. The van der Waals surface area contributed by atoms with Crippen LogP contribution in [0.1, 0.15) is 24.6 Å². The smallest absolute Gasteiger partial charge is 0.185 e. The number of thiazole rings is 1. The summed E-state index contributed by atoms with van der Waals surface area (Å²) in [6, 6.07) is 0.505. The maximum atomic E-state index is 4.57. The Morgan fingerprint density at radius 1 is 1.62 bits per heavy atom. The van der Waals surface area contributed by atoms with Gasteiger partial charge < -0.3 is 10.2 Å². The molecule has 0 radical (unpaired) electrons. The summed E-state index contributed by atoms with van der Waals surface area (Å²) in [5, 5.41) is 6.72. The highest BCUT2D eigenvalue weighted by molar-refractivity contribution is 7.13. The van der Waals surface area contributed by atoms with E-state index in [9.17, 15) is 0 Å². The standard InChI is InChI=1S/C9H15N3S/c1-12(2)9-11-8(6-13-9)7-4-3-5-10-7/h6-7,10H,3-5H2,1-2H3. The van der Waals surface area contributed by atoms with Gasteiger partial charge in [0, 0.05) is 19.5 Å². The molecule has 2 heterocycles. The molecule has 3 nitrogen and oxygen atoms in total. The first-order chi connectivity index (χ1) is 6.27. The van der Waals surface area contributed by atoms with Crippen molar-refractivity contribution in [3.8, 4) is 0 Å². The van der Waals surface area contributed by atoms with Gasteiger partial charge in [-0.05, 0) is 19.4 Å². The zero-order chi connectivity index (χ0) is 9.26. The van der Waals surface area contributed by atoms with Crippen molar-refractivity contribution in [2.75, 3.05) is 25.5 Å². The first-order valence-corrected chi connectivity index (χ1v) is 5.51. The molecule has 2 rings (SSSR count). The third-order valence-electron chi connectivity index (χ3n) is 2.31. The number of nitrogens with zero attached hydrogens (tertiary/aromatic N) is 2. The fraction of sp³-hybridized carbons (Fsp3) is 0.667. The summed E-state index contributed by atoms with van der Waals surface area (Å²) in [5.74, 6) is 0. The summed E-state index contributed by atoms with van der Waals surface area (Å²) in [4.78, 5) is 6.63. The van der Waals surface area contributed by atoms with Gasteiger partial charge in [-0.3, -0.25) is 0 Å². The van der Waals surface area contributed by atoms with Crippen LogP contribution in [0, 0.1) is 0 Å². The Kier molecular flexibility index (Phi) is 2.51. The number of rotatable bonds is 2. The van der Waals surface area contributed by atoms with Crippen LogP contribution >= 0.6 is 11.3 Å². The molecule has 1 atom stereocenters. The molecule has 0 saturated carbocycles. The maximum absolute atomic E-state index is 4.57. The maximum Gasteiger partial charge on any atom is 0.185 e. The van der Waals surface area contributed by atoms with Crippen LogP contribution in [-0.4, -0.2) is 25.6 Å². The minimum atomic E-state index is 0.505. The highest BCUT2D eigenvalue weighted by Gasteiger charge is 2.18. The van der Waals surface area contributed by atoms with Crippen molar-refractivity contribution >= 4 is 16.5 Å². The van der Waals surface area contributed by atoms with Crippen molar-refractivity contribution in [2.45, 2.75) is 18.9 Å². The van der Waals surface area contributed by atoms with Crippen molar-refractivity contribution in [1.82, 2.24) is 10.3 Å². The predicted octanol–water partition coefficient (Wildman–Crippen LogP) is 1.63. The van der Waals surface area contributed by atoms with Gasteiger partial charge >= 0.3 is 0 Å². The summed E-state index contributed by atoms with van der Waals surface area (Å²) < 4.78 is 0. The minimum Gasteiger partial charge on any atom is -0.354 e. The van der Waals surface area contributed by atoms with Gasteiger partial charge in [-0.25, -0.2) is 4.98 Å². The van der Waals surface area contributed by atoms with Crippen LogP contribution in [-0.2, 0) is 0 Å². The molecule has 1 N–H and O–H groups in total. The van der Waals surface area contributed by atoms with Gasteiger partial charge in [0.2, 0.25) is 0 Å². The van der Waals surface area contributed by atoms with Crippen molar-refractivity contribution in [1.29, 1.82) is 0 Å². The van der Waals surface area contributed by atoms with Gasteiger partial charge in [-0.2, -0.15) is 0 Å². The molecule has 0 aromatic carbocycles. The summed E-state index contributed by atoms with van der Waals surface area (Å²) in [5.41, 5.74) is 1.21. The van der Waals surface area contributed by atoms with Crippen molar-refractivity contribution < 1.29 is 0 Å². The number of aromatic nitrogens is 1. The zero-order valence-electron chi connectivity index (χ0n) is 8.08. The molecule has 0 amide bonds. The first-order valence-electron chi connectivity index (χ1n) is 4.63. The van der Waals surface area contributed by atoms with E-state index in [1.54, 1.807) is 11.3 Å². The molecule has 0 aliphatic carbocycles. The minimum absolute atomic E-state index is 0.505. The molecule has 72 valence electrons. The Labute approximate surface area is 82.8 Å². The molecule has 1 saturated heterocycles. The Hall–Kier alpha value is -0.610. The molecule has 0 spiro atoms. The van der Waals surface area contributed by atoms with Crippen LogP contribution in [0.5, 0.6) is 0 Å². The van der Waals surface area contributed by atoms with E-state index in [0.717, 1.165) is 11.7 Å². The summed E-state index contributed by atoms with van der Waals surface area (Å²) in [6.45, 7) is 1.14. The van der Waals surface area contributed by atoms with Crippen molar-refractivity contribution in [3.05, 3.63) is 11.1 Å². The first kappa shape index (κ1) is 8.97. The highest BCUT2D eigenvalue weighted by atomic mass is 32.1. The second-order valence-electron chi connectivity index (χ2n) is 3.60. The van der Waals surface area contributed by atoms with E-state index in [1.807, 2.05) is 14.1 Å². The molecule has 0 bridgehead atoms. The van der Waals surface area contributed by atoms with Crippen LogP contribution in [0.25, 0.3) is 0 Å². The van der Waals surface area contributed by atoms with E-state index < -0.39 is 0 Å². The zero-order valence-corrected chi connectivity index (χ0v) is 8.90. The molecule has 1 fully saturated rings. The van der Waals surface area contributed by atoms with Gasteiger partial charge in [-0.1, -0.05) is 0 Å². The van der Waals surface area contributed by atoms with E-state index >= 15 is 0 Å². The SMILES string of the molecule is CN(C)c1nc(C2CCCN2)cs1. The van der Waals surface area contributed by atoms with Crippen LogP contribution < -0.4 is 10.2 Å². The van der Waals surface area contributed by atoms with Gasteiger partial charge in [0.05, 0.1) is 11.7 Å². The quantitative estimate of drug-likeness (QED) is 0.781. The van der Waals surface area contributed by atoms with Gasteiger partial charge in [0.25, 0.3) is 0 Å². The fourth-order valence-corrected chi connectivity index (χ4v) is 2.39. The molecular formula is C9H15N3S. The monoisotopic (exact) mass is 197 g/mol. The largest absolute Gasteiger partial charge is 0.354 e. The molecule has 1 unspecified atom stereocenters. The third kappa shape index (κ3) is 1.84. The molecule has 1 aliphatic heterocycles. The lowest BCUT2D eigenvalue weighted by atomic mass is 10.2. The van der Waals surface area contributed by atoms with E-state index in [2.05, 4.69) is 20.6 Å². The second-order valence-corrected chi connectivity index (χ2v) is 4.43. The normalized spacial score (nSPS) is 22.2. The molecule has 1 aromatic heterocycles. The number of hydrogen-bond acceptors (Lipinski definition) is 4. The molecule has 13 heavy (non-hydrogen) atoms. The highest BCUT2D eigenvalue weighted by Crippen LogP contribution is 2.27. The lowest BCUT2D eigenvalue weighted by Gasteiger charge is -2.07. The average molecular weight is 197 g/mol. The predicted molar refractivity (Wildman–Crippen MR) is 56.4 cm³/mol.